The summed E-state index contributed by atoms with van der Waals surface area (Å²) >= 11 is 0. The molecule has 29 heavy (non-hydrogen) atoms. The molecule has 4 rings (SSSR count). The van der Waals surface area contributed by atoms with Crippen LogP contribution in [0.1, 0.15) is 22.3 Å². The number of benzene rings is 4. The third kappa shape index (κ3) is 5.04. The normalized spacial score (nSPS) is 10.9. The highest BCUT2D eigenvalue weighted by Gasteiger charge is 2.09. The lowest BCUT2D eigenvalue weighted by atomic mass is 10.0. The molecule has 4 aromatic rings. The van der Waals surface area contributed by atoms with Crippen molar-refractivity contribution in [3.8, 4) is 5.75 Å². The molecular formula is C27H27NO. The van der Waals surface area contributed by atoms with Gasteiger partial charge in [0, 0.05) is 12.1 Å². The number of fused-ring (bicyclic) bond motifs is 1. The highest BCUT2D eigenvalue weighted by atomic mass is 16.5. The van der Waals surface area contributed by atoms with Crippen LogP contribution < -0.4 is 10.1 Å². The molecule has 0 radical (unpaired) electrons. The van der Waals surface area contributed by atoms with Crippen molar-refractivity contribution in [3.05, 3.63) is 113 Å². The second kappa shape index (κ2) is 9.40. The molecule has 0 unspecified atom stereocenters. The first-order valence-corrected chi connectivity index (χ1v) is 10.2. The lowest BCUT2D eigenvalue weighted by Gasteiger charge is -2.15. The zero-order valence-corrected chi connectivity index (χ0v) is 16.9. The Labute approximate surface area is 173 Å². The Kier molecular flexibility index (Phi) is 6.23. The fourth-order valence-corrected chi connectivity index (χ4v) is 3.57. The summed E-state index contributed by atoms with van der Waals surface area (Å²) in [5, 5.41) is 6.11. The molecule has 0 aliphatic heterocycles. The Hall–Kier alpha value is -3.10. The van der Waals surface area contributed by atoms with Crippen LogP contribution >= 0.6 is 0 Å². The fourth-order valence-electron chi connectivity index (χ4n) is 3.57. The molecule has 0 atom stereocenters. The van der Waals surface area contributed by atoms with Crippen LogP contribution in [-0.2, 0) is 19.6 Å². The van der Waals surface area contributed by atoms with Gasteiger partial charge in [-0.15, -0.1) is 0 Å². The maximum atomic E-state index is 6.22. The molecule has 1 N–H and O–H groups in total. The smallest absolute Gasteiger partial charge is 0.124 e. The summed E-state index contributed by atoms with van der Waals surface area (Å²) in [5.41, 5.74) is 5.07. The summed E-state index contributed by atoms with van der Waals surface area (Å²) in [7, 11) is 0. The van der Waals surface area contributed by atoms with Gasteiger partial charge in [0.05, 0.1) is 0 Å². The van der Waals surface area contributed by atoms with Gasteiger partial charge in [0.1, 0.15) is 12.4 Å². The van der Waals surface area contributed by atoms with Crippen molar-refractivity contribution in [2.24, 2.45) is 0 Å². The van der Waals surface area contributed by atoms with Gasteiger partial charge in [-0.05, 0) is 47.9 Å². The van der Waals surface area contributed by atoms with E-state index in [2.05, 4.69) is 85.0 Å². The van der Waals surface area contributed by atoms with E-state index in [1.807, 2.05) is 18.2 Å². The summed E-state index contributed by atoms with van der Waals surface area (Å²) in [6.07, 6.45) is 1.02. The van der Waals surface area contributed by atoms with E-state index in [1.54, 1.807) is 0 Å². The van der Waals surface area contributed by atoms with Crippen LogP contribution in [0.4, 0.5) is 0 Å². The van der Waals surface area contributed by atoms with E-state index in [0.717, 1.165) is 25.3 Å². The lowest BCUT2D eigenvalue weighted by molar-refractivity contribution is 0.303. The zero-order valence-electron chi connectivity index (χ0n) is 16.9. The maximum absolute atomic E-state index is 6.22. The Bertz CT molecular complexity index is 1050. The van der Waals surface area contributed by atoms with Crippen LogP contribution in [0, 0.1) is 6.92 Å². The van der Waals surface area contributed by atoms with Crippen molar-refractivity contribution in [1.82, 2.24) is 5.32 Å². The number of hydrogen-bond acceptors (Lipinski definition) is 2. The van der Waals surface area contributed by atoms with Crippen LogP contribution in [0.3, 0.4) is 0 Å². The Balaban J connectivity index is 1.47. The first-order valence-electron chi connectivity index (χ1n) is 10.2. The number of aryl methyl sites for hydroxylation is 1. The number of nitrogens with one attached hydrogen (secondary N) is 1. The summed E-state index contributed by atoms with van der Waals surface area (Å²) in [4.78, 5) is 0. The van der Waals surface area contributed by atoms with Crippen LogP contribution in [0.15, 0.2) is 91.0 Å². The molecule has 0 aromatic heterocycles. The third-order valence-electron chi connectivity index (χ3n) is 5.25. The molecule has 0 saturated heterocycles. The van der Waals surface area contributed by atoms with Crippen molar-refractivity contribution in [2.75, 3.05) is 6.54 Å². The SMILES string of the molecule is Cc1ccc(CCNCc2c(OCc3ccccc3)ccc3ccccc23)cc1. The van der Waals surface area contributed by atoms with Gasteiger partial charge in [0.25, 0.3) is 0 Å². The lowest BCUT2D eigenvalue weighted by Crippen LogP contribution is -2.17. The monoisotopic (exact) mass is 381 g/mol. The Morgan fingerprint density at radius 1 is 0.724 bits per heavy atom. The highest BCUT2D eigenvalue weighted by Crippen LogP contribution is 2.28. The van der Waals surface area contributed by atoms with E-state index in [1.165, 1.54) is 33.0 Å². The predicted molar refractivity (Wildman–Crippen MR) is 121 cm³/mol. The fraction of sp³-hybridized carbons (Fsp3) is 0.185. The number of hydrogen-bond donors (Lipinski definition) is 1. The van der Waals surface area contributed by atoms with Crippen molar-refractivity contribution in [2.45, 2.75) is 26.5 Å². The molecule has 0 saturated carbocycles. The molecule has 0 fully saturated rings. The molecule has 2 heteroatoms. The minimum Gasteiger partial charge on any atom is -0.489 e. The molecule has 146 valence electrons. The quantitative estimate of drug-likeness (QED) is 0.375. The van der Waals surface area contributed by atoms with Crippen molar-refractivity contribution < 1.29 is 4.74 Å². The molecule has 4 aromatic carbocycles. The topological polar surface area (TPSA) is 21.3 Å². The van der Waals surface area contributed by atoms with Gasteiger partial charge < -0.3 is 10.1 Å². The Morgan fingerprint density at radius 2 is 1.48 bits per heavy atom. The summed E-state index contributed by atoms with van der Waals surface area (Å²) in [5.74, 6) is 0.954. The van der Waals surface area contributed by atoms with E-state index in [0.29, 0.717) is 6.61 Å². The standard InChI is InChI=1S/C27H27NO/c1-21-11-13-22(14-12-21)17-18-28-19-26-25-10-6-5-9-24(25)15-16-27(26)29-20-23-7-3-2-4-8-23/h2-16,28H,17-20H2,1H3. The van der Waals surface area contributed by atoms with Crippen LogP contribution in [0.2, 0.25) is 0 Å². The molecule has 0 spiro atoms. The minimum absolute atomic E-state index is 0.579. The van der Waals surface area contributed by atoms with Gasteiger partial charge in [-0.2, -0.15) is 0 Å². The van der Waals surface area contributed by atoms with Crippen LogP contribution in [0.25, 0.3) is 10.8 Å². The largest absolute Gasteiger partial charge is 0.489 e. The maximum Gasteiger partial charge on any atom is 0.124 e. The summed E-state index contributed by atoms with van der Waals surface area (Å²) in [6, 6.07) is 31.9. The van der Waals surface area contributed by atoms with Gasteiger partial charge in [-0.3, -0.25) is 0 Å². The molecular weight excluding hydrogens is 354 g/mol. The molecule has 0 heterocycles. The van der Waals surface area contributed by atoms with E-state index in [4.69, 9.17) is 4.74 Å². The molecule has 2 nitrogen and oxygen atoms in total. The molecule has 0 amide bonds. The van der Waals surface area contributed by atoms with Gasteiger partial charge in [-0.25, -0.2) is 0 Å². The molecule has 0 bridgehead atoms. The van der Waals surface area contributed by atoms with E-state index < -0.39 is 0 Å². The van der Waals surface area contributed by atoms with Crippen molar-refractivity contribution in [3.63, 3.8) is 0 Å². The van der Waals surface area contributed by atoms with Crippen molar-refractivity contribution >= 4 is 10.8 Å². The summed E-state index contributed by atoms with van der Waals surface area (Å²) < 4.78 is 6.22. The van der Waals surface area contributed by atoms with Gasteiger partial charge in [-0.1, -0.05) is 90.5 Å². The molecule has 0 aliphatic carbocycles. The predicted octanol–water partition coefficient (Wildman–Crippen LogP) is 6.06. The first kappa shape index (κ1) is 19.2. The minimum atomic E-state index is 0.579. The highest BCUT2D eigenvalue weighted by molar-refractivity contribution is 5.87. The van der Waals surface area contributed by atoms with Crippen LogP contribution in [-0.4, -0.2) is 6.54 Å². The zero-order chi connectivity index (χ0) is 19.9. The number of rotatable bonds is 8. The van der Waals surface area contributed by atoms with Crippen LogP contribution in [0.5, 0.6) is 5.75 Å². The van der Waals surface area contributed by atoms with E-state index >= 15 is 0 Å². The first-order chi connectivity index (χ1) is 14.3. The van der Waals surface area contributed by atoms with E-state index in [-0.39, 0.29) is 0 Å². The average molecular weight is 382 g/mol. The average Bonchev–Trinajstić information content (AvgIpc) is 2.77. The number of ether oxygens (including phenoxy) is 1. The van der Waals surface area contributed by atoms with Crippen molar-refractivity contribution in [1.29, 1.82) is 0 Å². The van der Waals surface area contributed by atoms with E-state index in [9.17, 15) is 0 Å². The molecule has 0 aliphatic rings. The third-order valence-corrected chi connectivity index (χ3v) is 5.25. The second-order valence-electron chi connectivity index (χ2n) is 7.45. The van der Waals surface area contributed by atoms with Gasteiger partial charge >= 0.3 is 0 Å². The second-order valence-corrected chi connectivity index (χ2v) is 7.45. The van der Waals surface area contributed by atoms with Gasteiger partial charge in [0.2, 0.25) is 0 Å². The van der Waals surface area contributed by atoms with Gasteiger partial charge in [0.15, 0.2) is 0 Å². The summed E-state index contributed by atoms with van der Waals surface area (Å²) in [6.45, 7) is 4.43. The Morgan fingerprint density at radius 3 is 2.31 bits per heavy atom.